The van der Waals surface area contributed by atoms with Crippen LogP contribution >= 0.6 is 0 Å². The highest BCUT2D eigenvalue weighted by Crippen LogP contribution is 2.42. The standard InChI is InChI=1S/C16H17N3O4/c1-5-23-13(20)9-16(18-15(22)17-3)11-7-6-10(2)8-12(11)19(4)14(16)21/h1,6-8H,9H2,2-4H3,(H2,17,18,22). The molecular weight excluding hydrogens is 298 g/mol. The van der Waals surface area contributed by atoms with E-state index < -0.39 is 29.9 Å². The van der Waals surface area contributed by atoms with Gasteiger partial charge in [-0.2, -0.15) is 0 Å². The van der Waals surface area contributed by atoms with Crippen molar-refractivity contribution in [2.24, 2.45) is 0 Å². The number of hydrogen-bond acceptors (Lipinski definition) is 4. The van der Waals surface area contributed by atoms with Crippen LogP contribution in [-0.4, -0.2) is 32.0 Å². The van der Waals surface area contributed by atoms with Gasteiger partial charge in [0.25, 0.3) is 5.91 Å². The highest BCUT2D eigenvalue weighted by atomic mass is 16.5. The van der Waals surface area contributed by atoms with Crippen LogP contribution in [-0.2, 0) is 19.9 Å². The molecule has 1 aliphatic rings. The summed E-state index contributed by atoms with van der Waals surface area (Å²) in [6.07, 6.45) is 6.35. The number of urea groups is 1. The molecule has 1 atom stereocenters. The summed E-state index contributed by atoms with van der Waals surface area (Å²) in [5.41, 5.74) is 0.546. The fraction of sp³-hybridized carbons (Fsp3) is 0.312. The fourth-order valence-corrected chi connectivity index (χ4v) is 2.70. The van der Waals surface area contributed by atoms with Crippen molar-refractivity contribution < 1.29 is 19.1 Å². The normalized spacial score (nSPS) is 18.9. The molecule has 3 amide bonds. The first-order valence-electron chi connectivity index (χ1n) is 6.90. The van der Waals surface area contributed by atoms with Gasteiger partial charge in [-0.15, -0.1) is 0 Å². The topological polar surface area (TPSA) is 87.7 Å². The van der Waals surface area contributed by atoms with Crippen molar-refractivity contribution in [1.82, 2.24) is 10.6 Å². The van der Waals surface area contributed by atoms with Crippen molar-refractivity contribution in [2.75, 3.05) is 19.0 Å². The molecule has 120 valence electrons. The van der Waals surface area contributed by atoms with Gasteiger partial charge >= 0.3 is 12.0 Å². The molecule has 7 heteroatoms. The predicted octanol–water partition coefficient (Wildman–Crippen LogP) is 0.620. The number of nitrogens with one attached hydrogen (secondary N) is 2. The zero-order chi connectivity index (χ0) is 17.2. The van der Waals surface area contributed by atoms with Gasteiger partial charge in [0.15, 0.2) is 5.54 Å². The molecule has 23 heavy (non-hydrogen) atoms. The second-order valence-corrected chi connectivity index (χ2v) is 5.26. The molecule has 1 unspecified atom stereocenters. The summed E-state index contributed by atoms with van der Waals surface area (Å²) in [5, 5.41) is 4.96. The number of esters is 1. The second kappa shape index (κ2) is 6.01. The van der Waals surface area contributed by atoms with Crippen LogP contribution in [0.25, 0.3) is 0 Å². The predicted molar refractivity (Wildman–Crippen MR) is 83.4 cm³/mol. The van der Waals surface area contributed by atoms with Gasteiger partial charge in [-0.05, 0) is 18.6 Å². The largest absolute Gasteiger partial charge is 0.372 e. The van der Waals surface area contributed by atoms with Crippen LogP contribution in [0.2, 0.25) is 0 Å². The van der Waals surface area contributed by atoms with Crippen LogP contribution in [0, 0.1) is 19.5 Å². The molecule has 0 saturated heterocycles. The minimum Gasteiger partial charge on any atom is -0.372 e. The van der Waals surface area contributed by atoms with Gasteiger partial charge in [-0.3, -0.25) is 9.59 Å². The number of ether oxygens (including phenoxy) is 1. The first-order chi connectivity index (χ1) is 10.9. The first kappa shape index (κ1) is 16.4. The molecule has 1 aliphatic heterocycles. The number of anilines is 1. The van der Waals surface area contributed by atoms with Crippen LogP contribution in [0.4, 0.5) is 10.5 Å². The summed E-state index contributed by atoms with van der Waals surface area (Å²) in [6, 6.07) is 4.74. The average molecular weight is 315 g/mol. The van der Waals surface area contributed by atoms with Crippen molar-refractivity contribution in [2.45, 2.75) is 18.9 Å². The van der Waals surface area contributed by atoms with E-state index >= 15 is 0 Å². The number of aryl methyl sites for hydroxylation is 1. The maximum absolute atomic E-state index is 12.8. The molecule has 0 spiro atoms. The van der Waals surface area contributed by atoms with Gasteiger partial charge in [-0.25, -0.2) is 4.79 Å². The van der Waals surface area contributed by atoms with E-state index in [1.165, 1.54) is 11.9 Å². The summed E-state index contributed by atoms with van der Waals surface area (Å²) in [6.45, 7) is 1.89. The Kier molecular flexibility index (Phi) is 4.27. The molecule has 0 radical (unpaired) electrons. The van der Waals surface area contributed by atoms with Crippen LogP contribution in [0.3, 0.4) is 0 Å². The zero-order valence-corrected chi connectivity index (χ0v) is 13.1. The Labute approximate surface area is 134 Å². The molecule has 0 bridgehead atoms. The number of fused-ring (bicyclic) bond motifs is 1. The smallest absolute Gasteiger partial charge is 0.323 e. The molecule has 0 aliphatic carbocycles. The summed E-state index contributed by atoms with van der Waals surface area (Å²) in [4.78, 5) is 38.0. The van der Waals surface area contributed by atoms with E-state index in [9.17, 15) is 14.4 Å². The highest BCUT2D eigenvalue weighted by molar-refractivity contribution is 6.10. The number of benzene rings is 1. The highest BCUT2D eigenvalue weighted by Gasteiger charge is 2.52. The third-order valence-electron chi connectivity index (χ3n) is 3.78. The molecule has 7 nitrogen and oxygen atoms in total. The number of likely N-dealkylation sites (N-methyl/N-ethyl adjacent to an activating group) is 1. The van der Waals surface area contributed by atoms with E-state index in [0.29, 0.717) is 11.3 Å². The number of carbonyl (C=O) groups excluding carboxylic acids is 3. The third kappa shape index (κ3) is 2.71. The number of amides is 3. The molecule has 1 heterocycles. The average Bonchev–Trinajstić information content (AvgIpc) is 2.69. The monoisotopic (exact) mass is 315 g/mol. The summed E-state index contributed by atoms with van der Waals surface area (Å²) in [5.74, 6) is -1.21. The van der Waals surface area contributed by atoms with Gasteiger partial charge in [0, 0.05) is 25.3 Å². The maximum Gasteiger partial charge on any atom is 0.323 e. The van der Waals surface area contributed by atoms with E-state index in [4.69, 9.17) is 6.42 Å². The molecular formula is C16H17N3O4. The van der Waals surface area contributed by atoms with Gasteiger partial charge < -0.3 is 20.3 Å². The molecule has 2 rings (SSSR count). The lowest BCUT2D eigenvalue weighted by Crippen LogP contribution is -2.55. The van der Waals surface area contributed by atoms with Gasteiger partial charge in [-0.1, -0.05) is 18.6 Å². The Balaban J connectivity index is 2.57. The zero-order valence-electron chi connectivity index (χ0n) is 13.1. The number of terminal acetylenes is 1. The van der Waals surface area contributed by atoms with Crippen LogP contribution < -0.4 is 15.5 Å². The van der Waals surface area contributed by atoms with Crippen molar-refractivity contribution in [3.63, 3.8) is 0 Å². The quantitative estimate of drug-likeness (QED) is 0.632. The van der Waals surface area contributed by atoms with E-state index in [1.54, 1.807) is 25.3 Å². The third-order valence-corrected chi connectivity index (χ3v) is 3.78. The van der Waals surface area contributed by atoms with Crippen molar-refractivity contribution in [1.29, 1.82) is 0 Å². The fourth-order valence-electron chi connectivity index (χ4n) is 2.70. The van der Waals surface area contributed by atoms with Crippen molar-refractivity contribution >= 4 is 23.6 Å². The van der Waals surface area contributed by atoms with Crippen LogP contribution in [0.15, 0.2) is 18.2 Å². The SMILES string of the molecule is C#COC(=O)CC1(NC(=O)NC)C(=O)N(C)c2cc(C)ccc21. The summed E-state index contributed by atoms with van der Waals surface area (Å²) < 4.78 is 4.51. The van der Waals surface area contributed by atoms with E-state index in [1.807, 2.05) is 13.0 Å². The van der Waals surface area contributed by atoms with Gasteiger partial charge in [0.05, 0.1) is 6.42 Å². The number of hydrogen-bond donors (Lipinski definition) is 2. The molecule has 0 saturated carbocycles. The van der Waals surface area contributed by atoms with E-state index in [-0.39, 0.29) is 0 Å². The van der Waals surface area contributed by atoms with Crippen LogP contribution in [0.5, 0.6) is 0 Å². The Morgan fingerprint density at radius 1 is 1.43 bits per heavy atom. The maximum atomic E-state index is 12.8. The molecule has 0 aromatic heterocycles. The van der Waals surface area contributed by atoms with Crippen LogP contribution in [0.1, 0.15) is 17.5 Å². The van der Waals surface area contributed by atoms with Gasteiger partial charge in [0.1, 0.15) is 6.11 Å². The Morgan fingerprint density at radius 2 is 2.13 bits per heavy atom. The summed E-state index contributed by atoms with van der Waals surface area (Å²) in [7, 11) is 3.00. The number of carbonyl (C=O) groups is 3. The first-order valence-corrected chi connectivity index (χ1v) is 6.90. The Bertz CT molecular complexity index is 723. The number of rotatable bonds is 3. The Morgan fingerprint density at radius 3 is 2.74 bits per heavy atom. The molecule has 1 aromatic rings. The Hall–Kier alpha value is -3.01. The molecule has 0 fully saturated rings. The number of nitrogens with zero attached hydrogens (tertiary/aromatic N) is 1. The van der Waals surface area contributed by atoms with Gasteiger partial charge in [0.2, 0.25) is 0 Å². The minimum atomic E-state index is -1.55. The molecule has 1 aromatic carbocycles. The minimum absolute atomic E-state index is 0.399. The second-order valence-electron chi connectivity index (χ2n) is 5.26. The summed E-state index contributed by atoms with van der Waals surface area (Å²) >= 11 is 0. The lowest BCUT2D eigenvalue weighted by Gasteiger charge is -2.28. The lowest BCUT2D eigenvalue weighted by molar-refractivity contribution is -0.141. The van der Waals surface area contributed by atoms with E-state index in [2.05, 4.69) is 15.4 Å². The lowest BCUT2D eigenvalue weighted by atomic mass is 9.87. The van der Waals surface area contributed by atoms with Crippen molar-refractivity contribution in [3.05, 3.63) is 29.3 Å². The van der Waals surface area contributed by atoms with Crippen molar-refractivity contribution in [3.8, 4) is 12.5 Å². The van der Waals surface area contributed by atoms with E-state index in [0.717, 1.165) is 5.56 Å². The molecule has 2 N–H and O–H groups in total.